The molecule has 0 aliphatic heterocycles. The second kappa shape index (κ2) is 24.5. The van der Waals surface area contributed by atoms with Crippen LogP contribution in [0.5, 0.6) is 0 Å². The average Bonchev–Trinajstić information content (AvgIpc) is 2.93. The molecule has 0 saturated heterocycles. The summed E-state index contributed by atoms with van der Waals surface area (Å²) in [6, 6.07) is 2.04. The number of nitrogen functional groups attached to an aromatic ring is 1. The number of hydrogen-bond donors (Lipinski definition) is 4. The predicted molar refractivity (Wildman–Crippen MR) is 176 cm³/mol. The van der Waals surface area contributed by atoms with E-state index in [0.29, 0.717) is 11.7 Å². The second-order valence-corrected chi connectivity index (χ2v) is 11.7. The van der Waals surface area contributed by atoms with Crippen molar-refractivity contribution in [3.8, 4) is 0 Å². The van der Waals surface area contributed by atoms with Crippen molar-refractivity contribution in [2.24, 2.45) is 11.8 Å². The van der Waals surface area contributed by atoms with Crippen LogP contribution < -0.4 is 26.6 Å². The molecule has 0 fully saturated rings. The van der Waals surface area contributed by atoms with Crippen molar-refractivity contribution in [2.45, 2.75) is 125 Å². The molecule has 1 aromatic heterocycles. The topological polar surface area (TPSA) is 78.2 Å². The van der Waals surface area contributed by atoms with Crippen molar-refractivity contribution in [2.75, 3.05) is 61.8 Å². The molecule has 39 heavy (non-hydrogen) atoms. The van der Waals surface area contributed by atoms with E-state index in [4.69, 9.17) is 5.73 Å². The van der Waals surface area contributed by atoms with Gasteiger partial charge in [-0.2, -0.15) is 0 Å². The fourth-order valence-corrected chi connectivity index (χ4v) is 5.16. The Morgan fingerprint density at radius 2 is 1.49 bits per heavy atom. The minimum atomic E-state index is 0.611. The quantitative estimate of drug-likeness (QED) is 0.0878. The monoisotopic (exact) mass is 545 g/mol. The summed E-state index contributed by atoms with van der Waals surface area (Å²) in [5.74, 6) is 2.04. The van der Waals surface area contributed by atoms with E-state index in [9.17, 15) is 0 Å². The van der Waals surface area contributed by atoms with Gasteiger partial charge in [0, 0.05) is 0 Å². The van der Waals surface area contributed by atoms with Crippen LogP contribution in [0.4, 0.5) is 17.1 Å². The molecule has 5 N–H and O–H groups in total. The van der Waals surface area contributed by atoms with Gasteiger partial charge in [0.2, 0.25) is 0 Å². The molecule has 1 rings (SSSR count). The molecule has 0 aromatic carbocycles. The van der Waals surface area contributed by atoms with Gasteiger partial charge in [-0.25, -0.2) is 0 Å². The Morgan fingerprint density at radius 3 is 2.15 bits per heavy atom. The van der Waals surface area contributed by atoms with Crippen LogP contribution in [0.1, 0.15) is 125 Å². The fraction of sp³-hybridized carbons (Fsp3) is 0.875. The zero-order chi connectivity index (χ0) is 28.6. The molecule has 226 valence electrons. The van der Waals surface area contributed by atoms with Crippen molar-refractivity contribution < 1.29 is 0 Å². The summed E-state index contributed by atoms with van der Waals surface area (Å²) in [7, 11) is 0. The van der Waals surface area contributed by atoms with Crippen LogP contribution >= 0.6 is 0 Å². The summed E-state index contributed by atoms with van der Waals surface area (Å²) in [6.07, 6.45) is 17.9. The van der Waals surface area contributed by atoms with Crippen LogP contribution in [-0.2, 0) is 0 Å². The summed E-state index contributed by atoms with van der Waals surface area (Å²) < 4.78 is 0. The van der Waals surface area contributed by atoms with Crippen LogP contribution in [0.25, 0.3) is 0 Å². The third kappa shape index (κ3) is 18.6. The van der Waals surface area contributed by atoms with Gasteiger partial charge in [0.15, 0.2) is 0 Å². The van der Waals surface area contributed by atoms with Gasteiger partial charge in [-0.3, -0.25) is 0 Å². The first-order valence-electron chi connectivity index (χ1n) is 16.7. The number of rotatable bonds is 27. The van der Waals surface area contributed by atoms with Crippen LogP contribution in [-0.4, -0.2) is 57.7 Å². The van der Waals surface area contributed by atoms with Gasteiger partial charge < -0.3 is 5.32 Å². The number of unbranched alkanes of at least 4 members (excludes halogenated alkanes) is 5. The van der Waals surface area contributed by atoms with Crippen molar-refractivity contribution in [1.82, 2.24) is 15.6 Å². The van der Waals surface area contributed by atoms with Crippen LogP contribution in [0.3, 0.4) is 0 Å². The van der Waals surface area contributed by atoms with Crippen LogP contribution in [0, 0.1) is 11.8 Å². The van der Waals surface area contributed by atoms with E-state index in [1.165, 1.54) is 95.6 Å². The molecule has 0 aliphatic carbocycles. The zero-order valence-corrected chi connectivity index (χ0v) is 26.6. The number of anilines is 3. The number of hydrogen-bond acceptors (Lipinski definition) is 6. The van der Waals surface area contributed by atoms with E-state index in [0.717, 1.165) is 57.3 Å². The number of nitrogens with two attached hydrogens (primary N) is 1. The SMILES string of the molecule is CCCCCCCNCCCNCCCCC(CCC)CNc1bc(N(CCC)CC[C@H](C)CC)cc(N)n1. The molecular formula is C32H65BN6. The molecule has 6 nitrogen and oxygen atoms in total. The number of nitrogens with zero attached hydrogens (tertiary/aromatic N) is 2. The van der Waals surface area contributed by atoms with Gasteiger partial charge in [-0.05, 0) is 13.0 Å². The van der Waals surface area contributed by atoms with Gasteiger partial charge in [0.1, 0.15) is 0 Å². The molecule has 1 heterocycles. The van der Waals surface area contributed by atoms with Gasteiger partial charge >= 0.3 is 193 Å². The van der Waals surface area contributed by atoms with Gasteiger partial charge in [0.25, 0.3) is 0 Å². The van der Waals surface area contributed by atoms with Crippen molar-refractivity contribution in [3.05, 3.63) is 6.07 Å². The summed E-state index contributed by atoms with van der Waals surface area (Å²) in [5.41, 5.74) is 8.37. The van der Waals surface area contributed by atoms with E-state index in [2.05, 4.69) is 67.4 Å². The van der Waals surface area contributed by atoms with Gasteiger partial charge in [0.05, 0.1) is 0 Å². The molecular weight excluding hydrogens is 479 g/mol. The third-order valence-corrected chi connectivity index (χ3v) is 7.93. The molecule has 1 unspecified atom stereocenters. The van der Waals surface area contributed by atoms with E-state index in [1.54, 1.807) is 0 Å². The standard InChI is InChI=1S/C32H65BN6/c1-6-10-11-12-14-20-35-22-16-23-36-21-15-13-18-29(17-7-2)27-37-32-33-30(26-31(34)38-32)39(24-8-3)25-19-28(5)9-4/h26,28-29,35-36H,6-25,27H2,1-5H3,(H3,34,37,38)/t28-,29?/m1/s1. The Labute approximate surface area is 243 Å². The molecule has 0 bridgehead atoms. The molecule has 1 aromatic rings. The zero-order valence-electron chi connectivity index (χ0n) is 26.6. The first kappa shape index (κ1) is 35.7. The predicted octanol–water partition coefficient (Wildman–Crippen LogP) is 7.19. The van der Waals surface area contributed by atoms with Crippen LogP contribution in [0.2, 0.25) is 0 Å². The number of aromatic nitrogens is 1. The minimum absolute atomic E-state index is 0.611. The van der Waals surface area contributed by atoms with Gasteiger partial charge in [-0.1, -0.05) is 32.6 Å². The molecule has 0 saturated carbocycles. The summed E-state index contributed by atoms with van der Waals surface area (Å²) in [4.78, 5) is 7.10. The Morgan fingerprint density at radius 1 is 0.795 bits per heavy atom. The molecule has 0 spiro atoms. The normalized spacial score (nSPS) is 12.8. The van der Waals surface area contributed by atoms with E-state index in [-0.39, 0.29) is 0 Å². The van der Waals surface area contributed by atoms with E-state index in [1.807, 2.05) is 6.07 Å². The molecule has 0 aliphatic rings. The second-order valence-electron chi connectivity index (χ2n) is 11.7. The Balaban J connectivity index is 2.32. The first-order valence-corrected chi connectivity index (χ1v) is 16.7. The Bertz CT molecular complexity index is 689. The van der Waals surface area contributed by atoms with Crippen molar-refractivity contribution in [1.29, 1.82) is 0 Å². The molecule has 7 heteroatoms. The molecule has 0 radical (unpaired) electrons. The summed E-state index contributed by atoms with van der Waals surface area (Å²) in [6.45, 7) is 21.3. The van der Waals surface area contributed by atoms with Gasteiger partial charge in [-0.15, -0.1) is 0 Å². The van der Waals surface area contributed by atoms with Crippen molar-refractivity contribution >= 4 is 24.0 Å². The first-order chi connectivity index (χ1) is 19.0. The fourth-order valence-electron chi connectivity index (χ4n) is 5.16. The summed E-state index contributed by atoms with van der Waals surface area (Å²) >= 11 is 0. The van der Waals surface area contributed by atoms with Crippen LogP contribution in [0.15, 0.2) is 6.07 Å². The maximum absolute atomic E-state index is 6.25. The summed E-state index contributed by atoms with van der Waals surface area (Å²) in [5, 5.41) is 10.9. The Kier molecular flexibility index (Phi) is 22.4. The van der Waals surface area contributed by atoms with E-state index >= 15 is 0 Å². The number of nitrogens with one attached hydrogen (secondary N) is 3. The molecule has 2 atom stereocenters. The van der Waals surface area contributed by atoms with Crippen molar-refractivity contribution in [3.63, 3.8) is 0 Å². The molecule has 0 amide bonds. The average molecular weight is 545 g/mol. The maximum atomic E-state index is 6.25. The third-order valence-electron chi connectivity index (χ3n) is 7.93. The Hall–Kier alpha value is -1.34. The van der Waals surface area contributed by atoms with E-state index < -0.39 is 0 Å².